The van der Waals surface area contributed by atoms with Crippen LogP contribution in [0.15, 0.2) is 42.5 Å². The molecular weight excluding hydrogens is 348 g/mol. The van der Waals surface area contributed by atoms with E-state index in [9.17, 15) is 9.59 Å². The van der Waals surface area contributed by atoms with Gasteiger partial charge in [0.25, 0.3) is 5.91 Å². The van der Waals surface area contributed by atoms with Crippen LogP contribution < -0.4 is 11.1 Å². The molecule has 138 valence electrons. The third-order valence-corrected chi connectivity index (χ3v) is 4.91. The zero-order valence-electron chi connectivity index (χ0n) is 15.1. The van der Waals surface area contributed by atoms with Crippen molar-refractivity contribution in [2.75, 3.05) is 6.54 Å². The first-order valence-electron chi connectivity index (χ1n) is 8.72. The fourth-order valence-corrected chi connectivity index (χ4v) is 2.91. The molecule has 3 rings (SSSR count). The van der Waals surface area contributed by atoms with Crippen molar-refractivity contribution in [2.24, 2.45) is 11.7 Å². The molecule has 4 nitrogen and oxygen atoms in total. The SMILES string of the molecule is Cc1ccc(C(=O)c2ccccc2C(=O)NCC(N)C2CC2)cc1C.Cl. The minimum atomic E-state index is -0.246. The molecule has 0 spiro atoms. The van der Waals surface area contributed by atoms with Crippen LogP contribution in [0.5, 0.6) is 0 Å². The van der Waals surface area contributed by atoms with E-state index >= 15 is 0 Å². The number of nitrogens with two attached hydrogens (primary N) is 1. The average Bonchev–Trinajstić information content (AvgIpc) is 3.46. The van der Waals surface area contributed by atoms with Gasteiger partial charge in [0.05, 0.1) is 5.56 Å². The summed E-state index contributed by atoms with van der Waals surface area (Å²) in [5.74, 6) is 0.136. The van der Waals surface area contributed by atoms with Gasteiger partial charge in [-0.25, -0.2) is 0 Å². The molecule has 0 saturated heterocycles. The van der Waals surface area contributed by atoms with Crippen LogP contribution in [-0.2, 0) is 0 Å². The predicted octanol–water partition coefficient (Wildman–Crippen LogP) is 3.42. The van der Waals surface area contributed by atoms with Crippen molar-refractivity contribution >= 4 is 24.1 Å². The van der Waals surface area contributed by atoms with Gasteiger partial charge in [0.1, 0.15) is 0 Å². The molecule has 1 saturated carbocycles. The minimum absolute atomic E-state index is 0. The van der Waals surface area contributed by atoms with Gasteiger partial charge in [-0.15, -0.1) is 12.4 Å². The molecule has 3 N–H and O–H groups in total. The van der Waals surface area contributed by atoms with Gasteiger partial charge in [-0.2, -0.15) is 0 Å². The Morgan fingerprint density at radius 3 is 2.35 bits per heavy atom. The van der Waals surface area contributed by atoms with Crippen molar-refractivity contribution in [1.29, 1.82) is 0 Å². The van der Waals surface area contributed by atoms with Gasteiger partial charge in [-0.1, -0.05) is 30.3 Å². The Kier molecular flexibility index (Phi) is 6.57. The Labute approximate surface area is 160 Å². The number of rotatable bonds is 6. The smallest absolute Gasteiger partial charge is 0.252 e. The molecule has 2 aromatic rings. The number of amides is 1. The van der Waals surface area contributed by atoms with Crippen LogP contribution in [0.1, 0.15) is 50.2 Å². The quantitative estimate of drug-likeness (QED) is 0.763. The Balaban J connectivity index is 0.00000243. The number of halogens is 1. The van der Waals surface area contributed by atoms with Crippen LogP contribution >= 0.6 is 12.4 Å². The molecule has 1 fully saturated rings. The molecular formula is C21H25ClN2O2. The number of ketones is 1. The number of nitrogens with one attached hydrogen (secondary N) is 1. The summed E-state index contributed by atoms with van der Waals surface area (Å²) in [6.07, 6.45) is 2.28. The lowest BCUT2D eigenvalue weighted by Gasteiger charge is -2.13. The lowest BCUT2D eigenvalue weighted by atomic mass is 9.95. The summed E-state index contributed by atoms with van der Waals surface area (Å²) in [6.45, 7) is 4.42. The van der Waals surface area contributed by atoms with Gasteiger partial charge in [0.2, 0.25) is 0 Å². The number of aryl methyl sites for hydroxylation is 2. The van der Waals surface area contributed by atoms with E-state index < -0.39 is 0 Å². The van der Waals surface area contributed by atoms with E-state index in [1.807, 2.05) is 32.0 Å². The number of benzene rings is 2. The molecule has 1 aliphatic carbocycles. The molecule has 0 bridgehead atoms. The number of hydrogen-bond acceptors (Lipinski definition) is 3. The fourth-order valence-electron chi connectivity index (χ4n) is 2.91. The number of carbonyl (C=O) groups excluding carboxylic acids is 2. The highest BCUT2D eigenvalue weighted by atomic mass is 35.5. The lowest BCUT2D eigenvalue weighted by Crippen LogP contribution is -2.39. The van der Waals surface area contributed by atoms with Gasteiger partial charge in [0.15, 0.2) is 5.78 Å². The molecule has 0 aliphatic heterocycles. The van der Waals surface area contributed by atoms with Crippen LogP contribution in [0.4, 0.5) is 0 Å². The highest BCUT2D eigenvalue weighted by molar-refractivity contribution is 6.15. The molecule has 0 heterocycles. The van der Waals surface area contributed by atoms with E-state index in [4.69, 9.17) is 5.73 Å². The molecule has 0 aromatic heterocycles. The fraction of sp³-hybridized carbons (Fsp3) is 0.333. The van der Waals surface area contributed by atoms with Crippen LogP contribution in [0.25, 0.3) is 0 Å². The highest BCUT2D eigenvalue weighted by Crippen LogP contribution is 2.31. The first kappa shape index (κ1) is 20.1. The largest absolute Gasteiger partial charge is 0.350 e. The molecule has 1 aliphatic rings. The summed E-state index contributed by atoms with van der Waals surface area (Å²) < 4.78 is 0. The normalized spacial score (nSPS) is 14.3. The van der Waals surface area contributed by atoms with Gasteiger partial charge in [-0.05, 0) is 55.9 Å². The summed E-state index contributed by atoms with van der Waals surface area (Å²) >= 11 is 0. The maximum absolute atomic E-state index is 12.9. The van der Waals surface area contributed by atoms with Crippen molar-refractivity contribution in [1.82, 2.24) is 5.32 Å². The molecule has 1 amide bonds. The minimum Gasteiger partial charge on any atom is -0.350 e. The summed E-state index contributed by atoms with van der Waals surface area (Å²) in [5, 5.41) is 2.87. The average molecular weight is 373 g/mol. The van der Waals surface area contributed by atoms with Crippen molar-refractivity contribution < 1.29 is 9.59 Å². The van der Waals surface area contributed by atoms with Crippen LogP contribution in [0.3, 0.4) is 0 Å². The van der Waals surface area contributed by atoms with E-state index in [1.54, 1.807) is 24.3 Å². The first-order valence-corrected chi connectivity index (χ1v) is 8.72. The Bertz CT molecular complexity index is 815. The van der Waals surface area contributed by atoms with Crippen LogP contribution in [-0.4, -0.2) is 24.3 Å². The van der Waals surface area contributed by atoms with E-state index in [-0.39, 0.29) is 30.1 Å². The third kappa shape index (κ3) is 4.51. The zero-order chi connectivity index (χ0) is 18.0. The zero-order valence-corrected chi connectivity index (χ0v) is 15.9. The Hall–Kier alpha value is -2.17. The van der Waals surface area contributed by atoms with Gasteiger partial charge in [0, 0.05) is 23.7 Å². The van der Waals surface area contributed by atoms with Crippen molar-refractivity contribution in [2.45, 2.75) is 32.7 Å². The van der Waals surface area contributed by atoms with Gasteiger partial charge >= 0.3 is 0 Å². The van der Waals surface area contributed by atoms with E-state index in [1.165, 1.54) is 0 Å². The lowest BCUT2D eigenvalue weighted by molar-refractivity contribution is 0.0939. The standard InChI is InChI=1S/C21H24N2O2.ClH/c1-13-7-8-16(11-14(13)2)20(24)17-5-3-4-6-18(17)21(25)23-12-19(22)15-9-10-15;/h3-8,11,15,19H,9-10,12,22H2,1-2H3,(H,23,25);1H. The predicted molar refractivity (Wildman–Crippen MR) is 106 cm³/mol. The monoisotopic (exact) mass is 372 g/mol. The molecule has 5 heteroatoms. The summed E-state index contributed by atoms with van der Waals surface area (Å²) in [6, 6.07) is 12.5. The Morgan fingerprint density at radius 1 is 1.08 bits per heavy atom. The summed E-state index contributed by atoms with van der Waals surface area (Å²) in [5.41, 5.74) is 9.65. The molecule has 1 atom stereocenters. The van der Waals surface area contributed by atoms with Crippen molar-refractivity contribution in [3.8, 4) is 0 Å². The summed E-state index contributed by atoms with van der Waals surface area (Å²) in [4.78, 5) is 25.4. The second-order valence-electron chi connectivity index (χ2n) is 6.89. The topological polar surface area (TPSA) is 72.2 Å². The van der Waals surface area contributed by atoms with Gasteiger partial charge in [-0.3, -0.25) is 9.59 Å². The Morgan fingerprint density at radius 2 is 1.73 bits per heavy atom. The van der Waals surface area contributed by atoms with E-state index in [2.05, 4.69) is 5.32 Å². The second kappa shape index (κ2) is 8.47. The maximum atomic E-state index is 12.9. The molecule has 26 heavy (non-hydrogen) atoms. The first-order chi connectivity index (χ1) is 12.0. The number of carbonyl (C=O) groups is 2. The van der Waals surface area contributed by atoms with Crippen LogP contribution in [0, 0.1) is 19.8 Å². The molecule has 2 aromatic carbocycles. The molecule has 0 radical (unpaired) electrons. The third-order valence-electron chi connectivity index (χ3n) is 4.91. The van der Waals surface area contributed by atoms with Crippen LogP contribution in [0.2, 0.25) is 0 Å². The number of hydrogen-bond donors (Lipinski definition) is 2. The summed E-state index contributed by atoms with van der Waals surface area (Å²) in [7, 11) is 0. The van der Waals surface area contributed by atoms with E-state index in [0.717, 1.165) is 24.0 Å². The second-order valence-corrected chi connectivity index (χ2v) is 6.89. The van der Waals surface area contributed by atoms with E-state index in [0.29, 0.717) is 29.2 Å². The molecule has 1 unspecified atom stereocenters. The van der Waals surface area contributed by atoms with Gasteiger partial charge < -0.3 is 11.1 Å². The highest BCUT2D eigenvalue weighted by Gasteiger charge is 2.28. The van der Waals surface area contributed by atoms with Crippen molar-refractivity contribution in [3.63, 3.8) is 0 Å². The van der Waals surface area contributed by atoms with Crippen molar-refractivity contribution in [3.05, 3.63) is 70.3 Å². The maximum Gasteiger partial charge on any atom is 0.252 e.